The van der Waals surface area contributed by atoms with Crippen molar-refractivity contribution in [2.75, 3.05) is 19.6 Å². The number of carbonyl (C=O) groups excluding carboxylic acids is 1. The fraction of sp³-hybridized carbons (Fsp3) is 0.562. The van der Waals surface area contributed by atoms with Crippen LogP contribution in [0.25, 0.3) is 0 Å². The van der Waals surface area contributed by atoms with Crippen molar-refractivity contribution in [1.29, 1.82) is 0 Å². The highest BCUT2D eigenvalue weighted by Gasteiger charge is 2.25. The van der Waals surface area contributed by atoms with E-state index in [1.165, 1.54) is 0 Å². The van der Waals surface area contributed by atoms with Crippen LogP contribution in [0.4, 0.5) is 0 Å². The zero-order valence-electron chi connectivity index (χ0n) is 12.3. The molecule has 0 atom stereocenters. The summed E-state index contributed by atoms with van der Waals surface area (Å²) < 4.78 is 0. The Morgan fingerprint density at radius 3 is 2.70 bits per heavy atom. The molecule has 1 aliphatic heterocycles. The molecule has 1 aromatic rings. The molecular weight excluding hydrogens is 272 g/mol. The second-order valence-corrected chi connectivity index (χ2v) is 5.85. The first kappa shape index (κ1) is 15.3. The average molecular weight is 295 g/mol. The van der Waals surface area contributed by atoms with Gasteiger partial charge in [0.2, 0.25) is 0 Å². The highest BCUT2D eigenvalue weighted by atomic mass is 35.5. The number of aryl methyl sites for hydroxylation is 1. The van der Waals surface area contributed by atoms with Gasteiger partial charge in [-0.05, 0) is 63.0 Å². The molecule has 1 heterocycles. The number of hydrogen-bond donors (Lipinski definition) is 1. The van der Waals surface area contributed by atoms with Crippen molar-refractivity contribution in [2.24, 2.45) is 0 Å². The number of nitrogens with zero attached hydrogens (tertiary/aromatic N) is 1. The molecule has 1 fully saturated rings. The van der Waals surface area contributed by atoms with E-state index in [9.17, 15) is 4.79 Å². The fourth-order valence-corrected chi connectivity index (χ4v) is 2.87. The van der Waals surface area contributed by atoms with Gasteiger partial charge in [-0.3, -0.25) is 4.79 Å². The van der Waals surface area contributed by atoms with E-state index in [1.54, 1.807) is 0 Å². The number of nitrogens with one attached hydrogen (secondary N) is 1. The van der Waals surface area contributed by atoms with E-state index in [0.29, 0.717) is 11.1 Å². The third kappa shape index (κ3) is 3.53. The highest BCUT2D eigenvalue weighted by molar-refractivity contribution is 6.31. The van der Waals surface area contributed by atoms with E-state index in [2.05, 4.69) is 12.2 Å². The van der Waals surface area contributed by atoms with E-state index >= 15 is 0 Å². The molecule has 1 aliphatic rings. The number of halogens is 1. The SMILES string of the molecule is CCCN(C(=O)c1ccc(Cl)c(C)c1)C1CCNCC1. The standard InChI is InChI=1S/C16H23ClN2O/c1-3-10-19(14-6-8-18-9-7-14)16(20)13-4-5-15(17)12(2)11-13/h4-5,11,14,18H,3,6-10H2,1-2H3. The Bertz CT molecular complexity index is 470. The predicted molar refractivity (Wildman–Crippen MR) is 83.4 cm³/mol. The summed E-state index contributed by atoms with van der Waals surface area (Å²) in [4.78, 5) is 14.8. The van der Waals surface area contributed by atoms with Gasteiger partial charge in [0.05, 0.1) is 0 Å². The van der Waals surface area contributed by atoms with Crippen LogP contribution in [-0.2, 0) is 0 Å². The maximum absolute atomic E-state index is 12.8. The van der Waals surface area contributed by atoms with Gasteiger partial charge in [0.25, 0.3) is 5.91 Å². The molecule has 0 saturated carbocycles. The monoisotopic (exact) mass is 294 g/mol. The summed E-state index contributed by atoms with van der Waals surface area (Å²) in [5.74, 6) is 0.138. The van der Waals surface area contributed by atoms with Crippen LogP contribution in [0.1, 0.15) is 42.1 Å². The molecule has 0 aromatic heterocycles. The number of carbonyl (C=O) groups is 1. The topological polar surface area (TPSA) is 32.3 Å². The Hall–Kier alpha value is -1.06. The van der Waals surface area contributed by atoms with Crippen molar-refractivity contribution < 1.29 is 4.79 Å². The van der Waals surface area contributed by atoms with Gasteiger partial charge in [0, 0.05) is 23.2 Å². The smallest absolute Gasteiger partial charge is 0.254 e. The minimum Gasteiger partial charge on any atom is -0.336 e. The third-order valence-corrected chi connectivity index (χ3v) is 4.30. The zero-order chi connectivity index (χ0) is 14.5. The van der Waals surface area contributed by atoms with Crippen molar-refractivity contribution in [3.8, 4) is 0 Å². The molecule has 1 aromatic carbocycles. The van der Waals surface area contributed by atoms with Gasteiger partial charge in [-0.15, -0.1) is 0 Å². The Balaban J connectivity index is 2.18. The molecule has 1 saturated heterocycles. The third-order valence-electron chi connectivity index (χ3n) is 3.88. The minimum absolute atomic E-state index is 0.138. The molecule has 1 N–H and O–H groups in total. The van der Waals surface area contributed by atoms with Gasteiger partial charge in [0.15, 0.2) is 0 Å². The zero-order valence-corrected chi connectivity index (χ0v) is 13.0. The lowest BCUT2D eigenvalue weighted by atomic mass is 10.0. The minimum atomic E-state index is 0.138. The molecule has 4 heteroatoms. The van der Waals surface area contributed by atoms with E-state index in [-0.39, 0.29) is 5.91 Å². The second kappa shape index (κ2) is 7.09. The summed E-state index contributed by atoms with van der Waals surface area (Å²) in [6.07, 6.45) is 3.07. The molecule has 3 nitrogen and oxygen atoms in total. The van der Waals surface area contributed by atoms with Crippen LogP contribution >= 0.6 is 11.6 Å². The highest BCUT2D eigenvalue weighted by Crippen LogP contribution is 2.20. The quantitative estimate of drug-likeness (QED) is 0.924. The first-order valence-electron chi connectivity index (χ1n) is 7.41. The molecule has 0 spiro atoms. The molecule has 0 radical (unpaired) electrons. The lowest BCUT2D eigenvalue weighted by Gasteiger charge is -2.34. The number of amides is 1. The van der Waals surface area contributed by atoms with Crippen LogP contribution in [0.15, 0.2) is 18.2 Å². The second-order valence-electron chi connectivity index (χ2n) is 5.44. The molecule has 110 valence electrons. The summed E-state index contributed by atoms with van der Waals surface area (Å²) in [7, 11) is 0. The first-order valence-corrected chi connectivity index (χ1v) is 7.79. The van der Waals surface area contributed by atoms with Gasteiger partial charge < -0.3 is 10.2 Å². The Labute approximate surface area is 126 Å². The molecule has 1 amide bonds. The van der Waals surface area contributed by atoms with Gasteiger partial charge >= 0.3 is 0 Å². The van der Waals surface area contributed by atoms with Crippen LogP contribution in [0.2, 0.25) is 5.02 Å². The lowest BCUT2D eigenvalue weighted by Crippen LogP contribution is -2.46. The van der Waals surface area contributed by atoms with E-state index in [4.69, 9.17) is 11.6 Å². The van der Waals surface area contributed by atoms with Crippen LogP contribution in [0.3, 0.4) is 0 Å². The summed E-state index contributed by atoms with van der Waals surface area (Å²) in [6, 6.07) is 5.91. The van der Waals surface area contributed by atoms with Crippen molar-refractivity contribution >= 4 is 17.5 Å². The number of rotatable bonds is 4. The Kier molecular flexibility index (Phi) is 5.44. The van der Waals surface area contributed by atoms with E-state index in [1.807, 2.05) is 30.0 Å². The average Bonchev–Trinajstić information content (AvgIpc) is 2.48. The van der Waals surface area contributed by atoms with Crippen molar-refractivity contribution in [1.82, 2.24) is 10.2 Å². The summed E-state index contributed by atoms with van der Waals surface area (Å²) in [6.45, 7) is 6.88. The predicted octanol–water partition coefficient (Wildman–Crippen LogP) is 3.25. The Morgan fingerprint density at radius 2 is 2.10 bits per heavy atom. The molecule has 2 rings (SSSR count). The van der Waals surface area contributed by atoms with Gasteiger partial charge in [0.1, 0.15) is 0 Å². The van der Waals surface area contributed by atoms with Crippen LogP contribution in [0.5, 0.6) is 0 Å². The van der Waals surface area contributed by atoms with Crippen molar-refractivity contribution in [2.45, 2.75) is 39.2 Å². The molecule has 0 bridgehead atoms. The lowest BCUT2D eigenvalue weighted by molar-refractivity contribution is 0.0642. The summed E-state index contributed by atoms with van der Waals surface area (Å²) in [5, 5.41) is 4.06. The normalized spacial score (nSPS) is 16.1. The molecule has 20 heavy (non-hydrogen) atoms. The van der Waals surface area contributed by atoms with E-state index in [0.717, 1.165) is 50.0 Å². The maximum Gasteiger partial charge on any atom is 0.254 e. The molecular formula is C16H23ClN2O. The van der Waals surface area contributed by atoms with Crippen LogP contribution < -0.4 is 5.32 Å². The number of piperidine rings is 1. The number of hydrogen-bond acceptors (Lipinski definition) is 2. The maximum atomic E-state index is 12.8. The van der Waals surface area contributed by atoms with Gasteiger partial charge in [-0.25, -0.2) is 0 Å². The van der Waals surface area contributed by atoms with Crippen LogP contribution in [-0.4, -0.2) is 36.5 Å². The largest absolute Gasteiger partial charge is 0.336 e. The molecule has 0 aliphatic carbocycles. The van der Waals surface area contributed by atoms with E-state index < -0.39 is 0 Å². The fourth-order valence-electron chi connectivity index (χ4n) is 2.75. The number of benzene rings is 1. The first-order chi connectivity index (χ1) is 9.63. The van der Waals surface area contributed by atoms with Crippen molar-refractivity contribution in [3.05, 3.63) is 34.3 Å². The Morgan fingerprint density at radius 1 is 1.40 bits per heavy atom. The van der Waals surface area contributed by atoms with Gasteiger partial charge in [-0.2, -0.15) is 0 Å². The molecule has 0 unspecified atom stereocenters. The van der Waals surface area contributed by atoms with Gasteiger partial charge in [-0.1, -0.05) is 18.5 Å². The summed E-state index contributed by atoms with van der Waals surface area (Å²) in [5.41, 5.74) is 1.71. The van der Waals surface area contributed by atoms with Crippen LogP contribution in [0, 0.1) is 6.92 Å². The van der Waals surface area contributed by atoms with Crippen molar-refractivity contribution in [3.63, 3.8) is 0 Å². The summed E-state index contributed by atoms with van der Waals surface area (Å²) >= 11 is 6.04.